The van der Waals surface area contributed by atoms with Gasteiger partial charge in [-0.05, 0) is 58.7 Å². The van der Waals surface area contributed by atoms with Crippen LogP contribution in [-0.4, -0.2) is 23.0 Å². The number of fused-ring (bicyclic) bond motifs is 3. The molecule has 0 atom stereocenters. The van der Waals surface area contributed by atoms with E-state index in [0.29, 0.717) is 5.56 Å². The Labute approximate surface area is 190 Å². The van der Waals surface area contributed by atoms with Crippen molar-refractivity contribution in [3.63, 3.8) is 0 Å². The average molecular weight is 469 g/mol. The molecule has 4 nitrogen and oxygen atoms in total. The number of rotatable bonds is 4. The number of aromatic nitrogens is 1. The predicted octanol–water partition coefficient (Wildman–Crippen LogP) is 5.52. The molecule has 2 aromatic carbocycles. The van der Waals surface area contributed by atoms with E-state index in [2.05, 4.69) is 80.5 Å². The molecule has 5 rings (SSSR count). The number of hydrogen-bond donors (Lipinski definition) is 0. The third-order valence-corrected chi connectivity index (χ3v) is 6.21. The summed E-state index contributed by atoms with van der Waals surface area (Å²) in [4.78, 5) is 9.36. The fourth-order valence-electron chi connectivity index (χ4n) is 4.25. The van der Waals surface area contributed by atoms with Gasteiger partial charge in [0.2, 0.25) is 0 Å². The van der Waals surface area contributed by atoms with Gasteiger partial charge in [0.15, 0.2) is 0 Å². The highest BCUT2D eigenvalue weighted by molar-refractivity contribution is 9.10. The number of anilines is 1. The summed E-state index contributed by atoms with van der Waals surface area (Å²) >= 11 is 3.52. The van der Waals surface area contributed by atoms with Crippen molar-refractivity contribution in [3.05, 3.63) is 111 Å². The van der Waals surface area contributed by atoms with Crippen molar-refractivity contribution in [2.24, 2.45) is 0 Å². The molecule has 5 heteroatoms. The normalized spacial score (nSPS) is 15.4. The van der Waals surface area contributed by atoms with Crippen molar-refractivity contribution in [1.82, 2.24) is 9.88 Å². The SMILES string of the molecule is N#Cc1cccc(CN2CC=C3C(=CN(Cc4ccc(Br)cc4)c4ncccc43)C2)c1. The van der Waals surface area contributed by atoms with Crippen LogP contribution < -0.4 is 4.90 Å². The van der Waals surface area contributed by atoms with Crippen LogP contribution in [0.25, 0.3) is 5.57 Å². The Morgan fingerprint density at radius 1 is 1.00 bits per heavy atom. The molecule has 152 valence electrons. The van der Waals surface area contributed by atoms with E-state index in [4.69, 9.17) is 4.98 Å². The molecule has 0 saturated carbocycles. The van der Waals surface area contributed by atoms with E-state index in [1.165, 1.54) is 27.8 Å². The maximum Gasteiger partial charge on any atom is 0.140 e. The van der Waals surface area contributed by atoms with Crippen molar-refractivity contribution < 1.29 is 0 Å². The molecule has 3 heterocycles. The number of nitriles is 1. The molecule has 1 aromatic heterocycles. The minimum absolute atomic E-state index is 0.711. The molecular formula is C26H21BrN4. The molecule has 0 radical (unpaired) electrons. The summed E-state index contributed by atoms with van der Waals surface area (Å²) < 4.78 is 1.08. The standard InChI is InChI=1S/C26H21BrN4/c27-23-8-6-19(7-9-23)16-31-18-22-17-30(15-21-4-1-3-20(13-21)14-28)12-10-24(22)25-5-2-11-29-26(25)31/h1-11,13,18H,12,15-17H2. The summed E-state index contributed by atoms with van der Waals surface area (Å²) in [5.74, 6) is 1.01. The third kappa shape index (κ3) is 4.18. The minimum atomic E-state index is 0.711. The quantitative estimate of drug-likeness (QED) is 0.505. The first-order valence-corrected chi connectivity index (χ1v) is 11.1. The zero-order valence-corrected chi connectivity index (χ0v) is 18.6. The number of pyridine rings is 1. The van der Waals surface area contributed by atoms with Crippen molar-refractivity contribution in [2.45, 2.75) is 13.1 Å². The van der Waals surface area contributed by atoms with E-state index < -0.39 is 0 Å². The summed E-state index contributed by atoms with van der Waals surface area (Å²) in [5.41, 5.74) is 6.91. The molecule has 0 aliphatic carbocycles. The van der Waals surface area contributed by atoms with Gasteiger partial charge >= 0.3 is 0 Å². The molecule has 0 spiro atoms. The highest BCUT2D eigenvalue weighted by Gasteiger charge is 2.27. The Bertz CT molecular complexity index is 1220. The van der Waals surface area contributed by atoms with Crippen LogP contribution in [0.2, 0.25) is 0 Å². The maximum absolute atomic E-state index is 9.18. The summed E-state index contributed by atoms with van der Waals surface area (Å²) in [7, 11) is 0. The van der Waals surface area contributed by atoms with Crippen LogP contribution in [0.4, 0.5) is 5.82 Å². The molecule has 0 unspecified atom stereocenters. The van der Waals surface area contributed by atoms with Crippen LogP contribution in [0.5, 0.6) is 0 Å². The van der Waals surface area contributed by atoms with Gasteiger partial charge in [-0.3, -0.25) is 4.90 Å². The van der Waals surface area contributed by atoms with Gasteiger partial charge in [-0.1, -0.05) is 46.3 Å². The van der Waals surface area contributed by atoms with E-state index in [-0.39, 0.29) is 0 Å². The number of nitrogens with zero attached hydrogens (tertiary/aromatic N) is 4. The zero-order chi connectivity index (χ0) is 21.2. The van der Waals surface area contributed by atoms with Crippen LogP contribution in [0.1, 0.15) is 22.3 Å². The van der Waals surface area contributed by atoms with Crippen molar-refractivity contribution >= 4 is 27.3 Å². The monoisotopic (exact) mass is 468 g/mol. The smallest absolute Gasteiger partial charge is 0.140 e. The Morgan fingerprint density at radius 2 is 1.87 bits per heavy atom. The van der Waals surface area contributed by atoms with Gasteiger partial charge in [0.05, 0.1) is 11.6 Å². The van der Waals surface area contributed by atoms with Gasteiger partial charge in [0.25, 0.3) is 0 Å². The van der Waals surface area contributed by atoms with Crippen LogP contribution in [0.3, 0.4) is 0 Å². The summed E-state index contributed by atoms with van der Waals surface area (Å²) in [6.07, 6.45) is 6.42. The van der Waals surface area contributed by atoms with Gasteiger partial charge in [-0.25, -0.2) is 4.98 Å². The van der Waals surface area contributed by atoms with E-state index >= 15 is 0 Å². The fraction of sp³-hybridized carbons (Fsp3) is 0.154. The summed E-state index contributed by atoms with van der Waals surface area (Å²) in [6, 6.07) is 22.7. The summed E-state index contributed by atoms with van der Waals surface area (Å²) in [5, 5.41) is 9.18. The van der Waals surface area contributed by atoms with Crippen molar-refractivity contribution in [3.8, 4) is 6.07 Å². The molecule has 0 fully saturated rings. The highest BCUT2D eigenvalue weighted by atomic mass is 79.9. The maximum atomic E-state index is 9.18. The van der Waals surface area contributed by atoms with Crippen LogP contribution in [0.15, 0.2) is 89.2 Å². The number of halogens is 1. The minimum Gasteiger partial charge on any atom is -0.328 e. The van der Waals surface area contributed by atoms with Crippen molar-refractivity contribution in [2.75, 3.05) is 18.0 Å². The van der Waals surface area contributed by atoms with E-state index in [0.717, 1.165) is 36.5 Å². The molecule has 0 saturated heterocycles. The lowest BCUT2D eigenvalue weighted by molar-refractivity contribution is 0.317. The number of benzene rings is 2. The van der Waals surface area contributed by atoms with Crippen LogP contribution >= 0.6 is 15.9 Å². The van der Waals surface area contributed by atoms with Crippen LogP contribution in [-0.2, 0) is 13.1 Å². The van der Waals surface area contributed by atoms with Gasteiger partial charge in [-0.2, -0.15) is 5.26 Å². The fourth-order valence-corrected chi connectivity index (χ4v) is 4.51. The van der Waals surface area contributed by atoms with Crippen LogP contribution in [0, 0.1) is 11.3 Å². The Morgan fingerprint density at radius 3 is 2.71 bits per heavy atom. The summed E-state index contributed by atoms with van der Waals surface area (Å²) in [6.45, 7) is 3.35. The van der Waals surface area contributed by atoms with E-state index in [9.17, 15) is 5.26 Å². The Balaban J connectivity index is 1.43. The first kappa shape index (κ1) is 19.7. The topological polar surface area (TPSA) is 43.2 Å². The second-order valence-corrected chi connectivity index (χ2v) is 8.80. The first-order chi connectivity index (χ1) is 15.2. The van der Waals surface area contributed by atoms with Gasteiger partial charge in [0, 0.05) is 48.6 Å². The molecule has 0 amide bonds. The number of hydrogen-bond acceptors (Lipinski definition) is 4. The lowest BCUT2D eigenvalue weighted by Crippen LogP contribution is -2.33. The Kier molecular flexibility index (Phi) is 5.42. The lowest BCUT2D eigenvalue weighted by atomic mass is 9.92. The average Bonchev–Trinajstić information content (AvgIpc) is 2.80. The third-order valence-electron chi connectivity index (χ3n) is 5.68. The molecule has 2 aliphatic heterocycles. The zero-order valence-electron chi connectivity index (χ0n) is 17.0. The molecule has 0 N–H and O–H groups in total. The molecule has 31 heavy (non-hydrogen) atoms. The van der Waals surface area contributed by atoms with Gasteiger partial charge in [0.1, 0.15) is 5.82 Å². The molecule has 2 aliphatic rings. The lowest BCUT2D eigenvalue weighted by Gasteiger charge is -2.35. The molecular weight excluding hydrogens is 448 g/mol. The second-order valence-electron chi connectivity index (χ2n) is 7.88. The van der Waals surface area contributed by atoms with Gasteiger partial charge < -0.3 is 4.90 Å². The first-order valence-electron chi connectivity index (χ1n) is 10.3. The predicted molar refractivity (Wildman–Crippen MR) is 127 cm³/mol. The second kappa shape index (κ2) is 8.50. The molecule has 0 bridgehead atoms. The largest absolute Gasteiger partial charge is 0.328 e. The Hall–Kier alpha value is -3.20. The highest BCUT2D eigenvalue weighted by Crippen LogP contribution is 2.38. The molecule has 3 aromatic rings. The van der Waals surface area contributed by atoms with Gasteiger partial charge in [-0.15, -0.1) is 0 Å². The van der Waals surface area contributed by atoms with E-state index in [1.807, 2.05) is 30.5 Å². The van der Waals surface area contributed by atoms with E-state index in [1.54, 1.807) is 0 Å². The van der Waals surface area contributed by atoms with Crippen molar-refractivity contribution in [1.29, 1.82) is 5.26 Å².